The summed E-state index contributed by atoms with van der Waals surface area (Å²) in [6.07, 6.45) is 1.68. The van der Waals surface area contributed by atoms with Gasteiger partial charge in [0.2, 0.25) is 5.13 Å². The van der Waals surface area contributed by atoms with E-state index in [0.29, 0.717) is 16.4 Å². The van der Waals surface area contributed by atoms with Gasteiger partial charge in [-0.2, -0.15) is 10.1 Å². The van der Waals surface area contributed by atoms with Crippen LogP contribution >= 0.6 is 11.3 Å². The number of hydrazone groups is 1. The van der Waals surface area contributed by atoms with Crippen molar-refractivity contribution >= 4 is 38.8 Å². The van der Waals surface area contributed by atoms with Crippen molar-refractivity contribution in [1.82, 2.24) is 4.98 Å². The Morgan fingerprint density at radius 3 is 2.29 bits per heavy atom. The quantitative estimate of drug-likeness (QED) is 0.189. The highest BCUT2D eigenvalue weighted by atomic mass is 32.1. The molecule has 0 aliphatic carbocycles. The number of benzene rings is 4. The van der Waals surface area contributed by atoms with E-state index in [2.05, 4.69) is 16.2 Å². The van der Waals surface area contributed by atoms with Crippen LogP contribution in [0.2, 0.25) is 0 Å². The summed E-state index contributed by atoms with van der Waals surface area (Å²) in [5.41, 5.74) is 4.53. The fraction of sp³-hybridized carbons (Fsp3) is 0.0690. The van der Waals surface area contributed by atoms with Gasteiger partial charge in [0.15, 0.2) is 0 Å². The third kappa shape index (κ3) is 5.28. The van der Waals surface area contributed by atoms with E-state index in [-0.39, 0.29) is 5.91 Å². The minimum absolute atomic E-state index is 0.268. The van der Waals surface area contributed by atoms with Gasteiger partial charge in [-0.05, 0) is 73.5 Å². The molecule has 6 heteroatoms. The van der Waals surface area contributed by atoms with Gasteiger partial charge in [-0.3, -0.25) is 4.79 Å². The summed E-state index contributed by atoms with van der Waals surface area (Å²) in [6, 6.07) is 30.6. The molecule has 0 N–H and O–H groups in total. The second kappa shape index (κ2) is 9.91. The first-order chi connectivity index (χ1) is 17.0. The van der Waals surface area contributed by atoms with Gasteiger partial charge < -0.3 is 4.74 Å². The number of carbonyl (C=O) groups is 1. The SMILES string of the molecule is Cc1ccc(/C=N/N(C(=O)c2ccc(Oc3ccccc3)cc2)c2nc3ccc(C)cc3s2)cc1. The predicted octanol–water partition coefficient (Wildman–Crippen LogP) is 7.39. The molecule has 0 fully saturated rings. The number of hydrogen-bond donors (Lipinski definition) is 0. The van der Waals surface area contributed by atoms with Crippen LogP contribution in [0.15, 0.2) is 102 Å². The van der Waals surface area contributed by atoms with Gasteiger partial charge in [0.05, 0.1) is 16.4 Å². The molecular formula is C29H23N3O2S. The first-order valence-electron chi connectivity index (χ1n) is 11.2. The van der Waals surface area contributed by atoms with Crippen molar-refractivity contribution in [3.8, 4) is 11.5 Å². The van der Waals surface area contributed by atoms with Crippen LogP contribution in [0, 0.1) is 13.8 Å². The zero-order valence-corrected chi connectivity index (χ0v) is 20.2. The first-order valence-corrected chi connectivity index (χ1v) is 12.0. The monoisotopic (exact) mass is 477 g/mol. The zero-order chi connectivity index (χ0) is 24.2. The average Bonchev–Trinajstić information content (AvgIpc) is 3.29. The summed E-state index contributed by atoms with van der Waals surface area (Å²) in [5.74, 6) is 1.12. The molecule has 0 spiro atoms. The highest BCUT2D eigenvalue weighted by Gasteiger charge is 2.21. The molecule has 4 aromatic carbocycles. The minimum atomic E-state index is -0.268. The number of aromatic nitrogens is 1. The average molecular weight is 478 g/mol. The summed E-state index contributed by atoms with van der Waals surface area (Å²) < 4.78 is 6.87. The molecule has 0 atom stereocenters. The maximum Gasteiger partial charge on any atom is 0.280 e. The summed E-state index contributed by atoms with van der Waals surface area (Å²) >= 11 is 1.44. The Labute approximate surface area is 208 Å². The molecule has 0 saturated carbocycles. The number of nitrogens with zero attached hydrogens (tertiary/aromatic N) is 3. The molecule has 5 nitrogen and oxygen atoms in total. The topological polar surface area (TPSA) is 54.8 Å². The molecular weight excluding hydrogens is 454 g/mol. The Morgan fingerprint density at radius 2 is 1.54 bits per heavy atom. The number of para-hydroxylation sites is 1. The lowest BCUT2D eigenvalue weighted by atomic mass is 10.2. The third-order valence-corrected chi connectivity index (χ3v) is 6.38. The Morgan fingerprint density at radius 1 is 0.857 bits per heavy atom. The Kier molecular flexibility index (Phi) is 6.37. The lowest BCUT2D eigenvalue weighted by molar-refractivity contribution is 0.0988. The lowest BCUT2D eigenvalue weighted by Gasteiger charge is -2.14. The number of ether oxygens (including phenoxy) is 1. The number of aryl methyl sites for hydroxylation is 2. The minimum Gasteiger partial charge on any atom is -0.457 e. The number of carbonyl (C=O) groups excluding carboxylic acids is 1. The van der Waals surface area contributed by atoms with Gasteiger partial charge in [0.25, 0.3) is 5.91 Å². The second-order valence-corrected chi connectivity index (χ2v) is 9.19. The van der Waals surface area contributed by atoms with E-state index in [4.69, 9.17) is 4.74 Å². The first kappa shape index (κ1) is 22.5. The zero-order valence-electron chi connectivity index (χ0n) is 19.4. The summed E-state index contributed by atoms with van der Waals surface area (Å²) in [5, 5.41) is 6.44. The van der Waals surface area contributed by atoms with Gasteiger partial charge in [0, 0.05) is 5.56 Å². The van der Waals surface area contributed by atoms with E-state index in [9.17, 15) is 4.79 Å². The number of thiazole rings is 1. The van der Waals surface area contributed by atoms with E-state index in [1.807, 2.05) is 80.6 Å². The standard InChI is InChI=1S/C29H23N3O2S/c1-20-8-11-22(12-9-20)19-30-32(29-31-26-17-10-21(2)18-27(26)35-29)28(33)23-13-15-25(16-14-23)34-24-6-4-3-5-7-24/h3-19H,1-2H3/b30-19+. The second-order valence-electron chi connectivity index (χ2n) is 8.18. The largest absolute Gasteiger partial charge is 0.457 e. The summed E-state index contributed by atoms with van der Waals surface area (Å²) in [6.45, 7) is 4.07. The number of rotatable bonds is 6. The Balaban J connectivity index is 1.46. The molecule has 0 aliphatic heterocycles. The molecule has 0 unspecified atom stereocenters. The van der Waals surface area contributed by atoms with Crippen molar-refractivity contribution in [2.24, 2.45) is 5.10 Å². The third-order valence-electron chi connectivity index (χ3n) is 5.39. The molecule has 0 bridgehead atoms. The number of hydrogen-bond acceptors (Lipinski definition) is 5. The number of amides is 1. The van der Waals surface area contributed by atoms with Gasteiger partial charge in [-0.15, -0.1) is 0 Å². The molecule has 172 valence electrons. The predicted molar refractivity (Wildman–Crippen MR) is 143 cm³/mol. The number of fused-ring (bicyclic) bond motifs is 1. The van der Waals surface area contributed by atoms with Crippen molar-refractivity contribution in [3.63, 3.8) is 0 Å². The smallest absolute Gasteiger partial charge is 0.280 e. The van der Waals surface area contributed by atoms with Crippen molar-refractivity contribution in [1.29, 1.82) is 0 Å². The van der Waals surface area contributed by atoms with E-state index >= 15 is 0 Å². The van der Waals surface area contributed by atoms with Crippen LogP contribution in [0.1, 0.15) is 27.0 Å². The van der Waals surface area contributed by atoms with Crippen LogP contribution in [0.25, 0.3) is 10.2 Å². The van der Waals surface area contributed by atoms with Crippen molar-refractivity contribution in [2.75, 3.05) is 5.01 Å². The van der Waals surface area contributed by atoms with Gasteiger partial charge >= 0.3 is 0 Å². The van der Waals surface area contributed by atoms with Crippen LogP contribution in [0.3, 0.4) is 0 Å². The molecule has 0 radical (unpaired) electrons. The normalized spacial score (nSPS) is 11.1. The van der Waals surface area contributed by atoms with Gasteiger partial charge in [-0.1, -0.05) is 65.4 Å². The molecule has 5 rings (SSSR count). The highest BCUT2D eigenvalue weighted by Crippen LogP contribution is 2.31. The van der Waals surface area contributed by atoms with Crippen LogP contribution < -0.4 is 9.75 Å². The van der Waals surface area contributed by atoms with Crippen LogP contribution in [-0.2, 0) is 0 Å². The molecule has 1 amide bonds. The maximum atomic E-state index is 13.6. The fourth-order valence-corrected chi connectivity index (χ4v) is 4.51. The highest BCUT2D eigenvalue weighted by molar-refractivity contribution is 7.22. The van der Waals surface area contributed by atoms with Gasteiger partial charge in [0.1, 0.15) is 11.5 Å². The van der Waals surface area contributed by atoms with E-state index < -0.39 is 0 Å². The lowest BCUT2D eigenvalue weighted by Crippen LogP contribution is -2.25. The van der Waals surface area contributed by atoms with Crippen molar-refractivity contribution in [3.05, 3.63) is 119 Å². The maximum absolute atomic E-state index is 13.6. The molecule has 0 saturated heterocycles. The van der Waals surface area contributed by atoms with E-state index in [0.717, 1.165) is 32.7 Å². The Bertz CT molecular complexity index is 1490. The molecule has 1 heterocycles. The molecule has 35 heavy (non-hydrogen) atoms. The molecule has 0 aliphatic rings. The fourth-order valence-electron chi connectivity index (χ4n) is 3.49. The summed E-state index contributed by atoms with van der Waals surface area (Å²) in [7, 11) is 0. The number of anilines is 1. The van der Waals surface area contributed by atoms with Gasteiger partial charge in [-0.25, -0.2) is 4.98 Å². The van der Waals surface area contributed by atoms with Crippen LogP contribution in [-0.4, -0.2) is 17.1 Å². The van der Waals surface area contributed by atoms with E-state index in [1.54, 1.807) is 30.5 Å². The summed E-state index contributed by atoms with van der Waals surface area (Å²) in [4.78, 5) is 18.3. The van der Waals surface area contributed by atoms with Crippen LogP contribution in [0.4, 0.5) is 5.13 Å². The molecule has 1 aromatic heterocycles. The van der Waals surface area contributed by atoms with E-state index in [1.165, 1.54) is 16.3 Å². The molecule has 5 aromatic rings. The van der Waals surface area contributed by atoms with Crippen molar-refractivity contribution < 1.29 is 9.53 Å². The van der Waals surface area contributed by atoms with Crippen molar-refractivity contribution in [2.45, 2.75) is 13.8 Å². The van der Waals surface area contributed by atoms with Crippen LogP contribution in [0.5, 0.6) is 11.5 Å². The Hall–Kier alpha value is -4.29.